The lowest BCUT2D eigenvalue weighted by Gasteiger charge is -2.15. The lowest BCUT2D eigenvalue weighted by Crippen LogP contribution is -2.04. The molecule has 1 N–H and O–H groups in total. The van der Waals surface area contributed by atoms with Crippen LogP contribution in [0.15, 0.2) is 78.9 Å². The number of benzene rings is 3. The van der Waals surface area contributed by atoms with Crippen LogP contribution in [0.2, 0.25) is 0 Å². The van der Waals surface area contributed by atoms with Crippen molar-refractivity contribution in [1.29, 1.82) is 0 Å². The van der Waals surface area contributed by atoms with Crippen molar-refractivity contribution in [2.45, 2.75) is 6.42 Å². The fourth-order valence-corrected chi connectivity index (χ4v) is 2.29. The second kappa shape index (κ2) is 7.33. The molecular formula is C20H16O4. The van der Waals surface area contributed by atoms with E-state index in [1.54, 1.807) is 18.2 Å². The third-order valence-electron chi connectivity index (χ3n) is 3.36. The number of carboxylic acid groups (broad SMARTS) is 1. The van der Waals surface area contributed by atoms with Crippen LogP contribution in [0.4, 0.5) is 0 Å². The Morgan fingerprint density at radius 1 is 0.708 bits per heavy atom. The minimum absolute atomic E-state index is 0.189. The summed E-state index contributed by atoms with van der Waals surface area (Å²) < 4.78 is 11.7. The lowest BCUT2D eigenvalue weighted by atomic mass is 10.1. The standard InChI is InChI=1S/C20H16O4/c21-20(22)14-17-18(23-15-8-3-1-4-9-15)12-7-13-19(17)24-16-10-5-2-6-11-16/h1-13H,14H2,(H,21,22). The van der Waals surface area contributed by atoms with Crippen molar-refractivity contribution in [3.63, 3.8) is 0 Å². The van der Waals surface area contributed by atoms with E-state index >= 15 is 0 Å². The molecule has 0 aromatic heterocycles. The molecule has 0 saturated carbocycles. The topological polar surface area (TPSA) is 55.8 Å². The van der Waals surface area contributed by atoms with E-state index in [1.807, 2.05) is 60.7 Å². The van der Waals surface area contributed by atoms with Crippen LogP contribution in [0.3, 0.4) is 0 Å². The molecule has 0 aliphatic heterocycles. The molecule has 0 spiro atoms. The summed E-state index contributed by atoms with van der Waals surface area (Å²) in [7, 11) is 0. The van der Waals surface area contributed by atoms with Gasteiger partial charge in [0, 0.05) is 5.56 Å². The molecule has 3 rings (SSSR count). The van der Waals surface area contributed by atoms with E-state index in [0.717, 1.165) is 0 Å². The number of carbonyl (C=O) groups is 1. The Balaban J connectivity index is 1.96. The Kier molecular flexibility index (Phi) is 4.77. The van der Waals surface area contributed by atoms with Gasteiger partial charge < -0.3 is 14.6 Å². The predicted molar refractivity (Wildman–Crippen MR) is 90.8 cm³/mol. The minimum Gasteiger partial charge on any atom is -0.481 e. The van der Waals surface area contributed by atoms with Crippen LogP contribution in [-0.2, 0) is 11.2 Å². The van der Waals surface area contributed by atoms with E-state index in [9.17, 15) is 9.90 Å². The van der Waals surface area contributed by atoms with Crippen molar-refractivity contribution >= 4 is 5.97 Å². The van der Waals surface area contributed by atoms with Gasteiger partial charge in [0.25, 0.3) is 0 Å². The smallest absolute Gasteiger partial charge is 0.308 e. The highest BCUT2D eigenvalue weighted by Gasteiger charge is 2.15. The SMILES string of the molecule is O=C(O)Cc1c(Oc2ccccc2)cccc1Oc1ccccc1. The Morgan fingerprint density at radius 2 is 1.17 bits per heavy atom. The number of aliphatic carboxylic acids is 1. The van der Waals surface area contributed by atoms with Crippen LogP contribution in [0.1, 0.15) is 5.56 Å². The van der Waals surface area contributed by atoms with Crippen LogP contribution in [0.5, 0.6) is 23.0 Å². The average Bonchev–Trinajstić information content (AvgIpc) is 2.59. The zero-order valence-corrected chi connectivity index (χ0v) is 12.9. The highest BCUT2D eigenvalue weighted by Crippen LogP contribution is 2.35. The van der Waals surface area contributed by atoms with Crippen molar-refractivity contribution in [1.82, 2.24) is 0 Å². The van der Waals surface area contributed by atoms with E-state index in [1.165, 1.54) is 0 Å². The first-order chi connectivity index (χ1) is 11.7. The number of hydrogen-bond acceptors (Lipinski definition) is 3. The van der Waals surface area contributed by atoms with E-state index in [2.05, 4.69) is 0 Å². The number of ether oxygens (including phenoxy) is 2. The zero-order chi connectivity index (χ0) is 16.8. The third kappa shape index (κ3) is 3.93. The van der Waals surface area contributed by atoms with Crippen molar-refractivity contribution in [3.8, 4) is 23.0 Å². The van der Waals surface area contributed by atoms with Gasteiger partial charge in [0.2, 0.25) is 0 Å². The molecule has 0 saturated heterocycles. The second-order valence-corrected chi connectivity index (χ2v) is 5.13. The normalized spacial score (nSPS) is 10.2. The van der Waals surface area contributed by atoms with Crippen LogP contribution in [0.25, 0.3) is 0 Å². The summed E-state index contributed by atoms with van der Waals surface area (Å²) in [6.45, 7) is 0. The Bertz CT molecular complexity index is 754. The predicted octanol–water partition coefficient (Wildman–Crippen LogP) is 4.90. The molecule has 120 valence electrons. The van der Waals surface area contributed by atoms with E-state index in [0.29, 0.717) is 28.6 Å². The summed E-state index contributed by atoms with van der Waals surface area (Å²) in [5.41, 5.74) is 0.498. The Labute approximate surface area is 139 Å². The number of para-hydroxylation sites is 2. The fourth-order valence-electron chi connectivity index (χ4n) is 2.29. The maximum absolute atomic E-state index is 11.3. The van der Waals surface area contributed by atoms with Gasteiger partial charge in [-0.15, -0.1) is 0 Å². The van der Waals surface area contributed by atoms with Gasteiger partial charge in [-0.2, -0.15) is 0 Å². The van der Waals surface area contributed by atoms with Crippen LogP contribution < -0.4 is 9.47 Å². The first-order valence-corrected chi connectivity index (χ1v) is 7.52. The highest BCUT2D eigenvalue weighted by atomic mass is 16.5. The molecule has 0 fully saturated rings. The van der Waals surface area contributed by atoms with Gasteiger partial charge in [-0.3, -0.25) is 4.79 Å². The second-order valence-electron chi connectivity index (χ2n) is 5.13. The average molecular weight is 320 g/mol. The van der Waals surface area contributed by atoms with Gasteiger partial charge in [0.1, 0.15) is 23.0 Å². The summed E-state index contributed by atoms with van der Waals surface area (Å²) in [5, 5.41) is 9.24. The molecule has 24 heavy (non-hydrogen) atoms. The maximum Gasteiger partial charge on any atom is 0.308 e. The van der Waals surface area contributed by atoms with Gasteiger partial charge in [0.05, 0.1) is 6.42 Å². The molecule has 0 aliphatic rings. The first kappa shape index (κ1) is 15.6. The monoisotopic (exact) mass is 320 g/mol. The maximum atomic E-state index is 11.3. The summed E-state index contributed by atoms with van der Waals surface area (Å²) >= 11 is 0. The number of rotatable bonds is 6. The molecule has 0 heterocycles. The van der Waals surface area contributed by atoms with Gasteiger partial charge in [-0.1, -0.05) is 42.5 Å². The minimum atomic E-state index is -0.947. The van der Waals surface area contributed by atoms with E-state index < -0.39 is 5.97 Å². The van der Waals surface area contributed by atoms with Crippen LogP contribution in [-0.4, -0.2) is 11.1 Å². The first-order valence-electron chi connectivity index (χ1n) is 7.52. The molecule has 0 unspecified atom stereocenters. The lowest BCUT2D eigenvalue weighted by molar-refractivity contribution is -0.136. The molecule has 3 aromatic carbocycles. The van der Waals surface area contributed by atoms with Crippen molar-refractivity contribution in [2.24, 2.45) is 0 Å². The summed E-state index contributed by atoms with van der Waals surface area (Å²) in [6.07, 6.45) is -0.189. The van der Waals surface area contributed by atoms with Crippen LogP contribution in [0, 0.1) is 0 Å². The summed E-state index contributed by atoms with van der Waals surface area (Å²) in [4.78, 5) is 11.3. The number of carboxylic acids is 1. The Morgan fingerprint density at radius 3 is 1.58 bits per heavy atom. The van der Waals surface area contributed by atoms with E-state index in [-0.39, 0.29) is 6.42 Å². The quantitative estimate of drug-likeness (QED) is 0.702. The largest absolute Gasteiger partial charge is 0.481 e. The van der Waals surface area contributed by atoms with Gasteiger partial charge in [0.15, 0.2) is 0 Å². The fraction of sp³-hybridized carbons (Fsp3) is 0.0500. The molecule has 0 aliphatic carbocycles. The molecule has 0 amide bonds. The van der Waals surface area contributed by atoms with Crippen molar-refractivity contribution in [3.05, 3.63) is 84.4 Å². The number of hydrogen-bond donors (Lipinski definition) is 1. The molecule has 0 atom stereocenters. The van der Waals surface area contributed by atoms with Gasteiger partial charge >= 0.3 is 5.97 Å². The van der Waals surface area contributed by atoms with E-state index in [4.69, 9.17) is 9.47 Å². The molecule has 4 heteroatoms. The molecular weight excluding hydrogens is 304 g/mol. The molecule has 0 radical (unpaired) electrons. The molecule has 0 bridgehead atoms. The zero-order valence-electron chi connectivity index (χ0n) is 12.9. The molecule has 4 nitrogen and oxygen atoms in total. The third-order valence-corrected chi connectivity index (χ3v) is 3.36. The Hall–Kier alpha value is -3.27. The van der Waals surface area contributed by atoms with Crippen LogP contribution >= 0.6 is 0 Å². The summed E-state index contributed by atoms with van der Waals surface area (Å²) in [6, 6.07) is 23.7. The summed E-state index contributed by atoms with van der Waals surface area (Å²) in [5.74, 6) is 1.27. The highest BCUT2D eigenvalue weighted by molar-refractivity contribution is 5.73. The van der Waals surface area contributed by atoms with Crippen molar-refractivity contribution < 1.29 is 19.4 Å². The van der Waals surface area contributed by atoms with Gasteiger partial charge in [-0.25, -0.2) is 0 Å². The van der Waals surface area contributed by atoms with Crippen molar-refractivity contribution in [2.75, 3.05) is 0 Å². The van der Waals surface area contributed by atoms with Gasteiger partial charge in [-0.05, 0) is 36.4 Å². The molecule has 3 aromatic rings.